The van der Waals surface area contributed by atoms with Gasteiger partial charge in [-0.2, -0.15) is 0 Å². The van der Waals surface area contributed by atoms with Crippen LogP contribution in [-0.2, 0) is 21.1 Å². The van der Waals surface area contributed by atoms with Crippen LogP contribution >= 0.6 is 0 Å². The topological polar surface area (TPSA) is 84.3 Å². The van der Waals surface area contributed by atoms with Crippen molar-refractivity contribution in [2.24, 2.45) is 0 Å². The fourth-order valence-electron chi connectivity index (χ4n) is 1.31. The number of carbonyl (C=O) groups is 1. The number of hydrogen-bond acceptors (Lipinski definition) is 4. The summed E-state index contributed by atoms with van der Waals surface area (Å²) in [6, 6.07) is 2.98. The van der Waals surface area contributed by atoms with E-state index in [0.717, 1.165) is 0 Å². The summed E-state index contributed by atoms with van der Waals surface area (Å²) in [4.78, 5) is 14.6. The first-order valence-electron chi connectivity index (χ1n) is 4.78. The molecule has 88 valence electrons. The van der Waals surface area contributed by atoms with Crippen molar-refractivity contribution in [2.75, 3.05) is 5.75 Å². The maximum atomic E-state index is 11.7. The number of carboxylic acid groups (broad SMARTS) is 1. The molecule has 1 aromatic heterocycles. The predicted octanol–water partition coefficient (Wildman–Crippen LogP) is 0.811. The predicted molar refractivity (Wildman–Crippen MR) is 58.0 cm³/mol. The van der Waals surface area contributed by atoms with Crippen molar-refractivity contribution in [1.29, 1.82) is 0 Å². The largest absolute Gasteiger partial charge is 0.481 e. The molecule has 0 saturated carbocycles. The second kappa shape index (κ2) is 4.61. The molecule has 6 heteroatoms. The van der Waals surface area contributed by atoms with Gasteiger partial charge in [-0.25, -0.2) is 8.42 Å². The minimum atomic E-state index is -3.42. The van der Waals surface area contributed by atoms with Gasteiger partial charge in [0.25, 0.3) is 0 Å². The van der Waals surface area contributed by atoms with Crippen LogP contribution in [0.3, 0.4) is 0 Å². The third-order valence-corrected chi connectivity index (χ3v) is 3.91. The Kier molecular flexibility index (Phi) is 3.64. The van der Waals surface area contributed by atoms with Gasteiger partial charge >= 0.3 is 5.97 Å². The van der Waals surface area contributed by atoms with Crippen LogP contribution in [0.2, 0.25) is 0 Å². The van der Waals surface area contributed by atoms with Crippen molar-refractivity contribution in [1.82, 2.24) is 4.98 Å². The van der Waals surface area contributed by atoms with E-state index in [-0.39, 0.29) is 22.8 Å². The maximum Gasteiger partial charge on any atom is 0.309 e. The summed E-state index contributed by atoms with van der Waals surface area (Å²) < 4.78 is 23.4. The van der Waals surface area contributed by atoms with Crippen molar-refractivity contribution >= 4 is 15.8 Å². The van der Waals surface area contributed by atoms with Crippen LogP contribution < -0.4 is 0 Å². The Morgan fingerprint density at radius 3 is 2.56 bits per heavy atom. The van der Waals surface area contributed by atoms with E-state index in [1.54, 1.807) is 13.0 Å². The van der Waals surface area contributed by atoms with E-state index in [1.807, 2.05) is 0 Å². The molecular weight excluding hydrogens is 230 g/mol. The summed E-state index contributed by atoms with van der Waals surface area (Å²) in [5.74, 6) is -1.16. The maximum absolute atomic E-state index is 11.7. The molecule has 0 aliphatic rings. The lowest BCUT2D eigenvalue weighted by Gasteiger charge is -2.07. The molecule has 1 aromatic rings. The van der Waals surface area contributed by atoms with E-state index < -0.39 is 15.8 Å². The van der Waals surface area contributed by atoms with Gasteiger partial charge in [-0.3, -0.25) is 9.78 Å². The lowest BCUT2D eigenvalue weighted by Crippen LogP contribution is -2.12. The Labute approximate surface area is 94.1 Å². The van der Waals surface area contributed by atoms with Gasteiger partial charge in [-0.15, -0.1) is 0 Å². The Bertz CT molecular complexity index is 508. The first kappa shape index (κ1) is 12.6. The molecule has 0 saturated heterocycles. The highest BCUT2D eigenvalue weighted by atomic mass is 32.2. The fraction of sp³-hybridized carbons (Fsp3) is 0.400. The van der Waals surface area contributed by atoms with E-state index in [1.165, 1.54) is 13.0 Å². The first-order chi connectivity index (χ1) is 7.36. The van der Waals surface area contributed by atoms with Gasteiger partial charge < -0.3 is 5.11 Å². The Morgan fingerprint density at radius 2 is 2.06 bits per heavy atom. The summed E-state index contributed by atoms with van der Waals surface area (Å²) in [7, 11) is -3.42. The molecule has 5 nitrogen and oxygen atoms in total. The molecule has 1 N–H and O–H groups in total. The Morgan fingerprint density at radius 1 is 1.44 bits per heavy atom. The van der Waals surface area contributed by atoms with Crippen molar-refractivity contribution < 1.29 is 18.3 Å². The first-order valence-corrected chi connectivity index (χ1v) is 6.43. The molecule has 0 amide bonds. The normalized spacial score (nSPS) is 11.4. The zero-order valence-corrected chi connectivity index (χ0v) is 9.91. The van der Waals surface area contributed by atoms with E-state index in [4.69, 9.17) is 5.11 Å². The Balaban J connectivity index is 3.34. The number of carboxylic acids is 1. The van der Waals surface area contributed by atoms with Gasteiger partial charge in [0.05, 0.1) is 22.8 Å². The monoisotopic (exact) mass is 243 g/mol. The molecule has 0 aliphatic carbocycles. The minimum Gasteiger partial charge on any atom is -0.481 e. The number of nitrogens with zero attached hydrogens (tertiary/aromatic N) is 1. The average Bonchev–Trinajstić information content (AvgIpc) is 2.16. The van der Waals surface area contributed by atoms with Crippen molar-refractivity contribution in [3.8, 4) is 0 Å². The molecule has 1 heterocycles. The number of pyridine rings is 1. The quantitative estimate of drug-likeness (QED) is 0.846. The van der Waals surface area contributed by atoms with Gasteiger partial charge in [0, 0.05) is 5.69 Å². The van der Waals surface area contributed by atoms with E-state index in [9.17, 15) is 13.2 Å². The van der Waals surface area contributed by atoms with Crippen LogP contribution in [0.15, 0.2) is 17.0 Å². The number of aromatic nitrogens is 1. The summed E-state index contributed by atoms with van der Waals surface area (Å²) >= 11 is 0. The van der Waals surface area contributed by atoms with Crippen LogP contribution in [0.25, 0.3) is 0 Å². The summed E-state index contributed by atoms with van der Waals surface area (Å²) in [6.07, 6.45) is -0.379. The molecule has 0 atom stereocenters. The Hall–Kier alpha value is -1.43. The number of aryl methyl sites for hydroxylation is 1. The van der Waals surface area contributed by atoms with E-state index in [0.29, 0.717) is 5.69 Å². The molecule has 0 fully saturated rings. The summed E-state index contributed by atoms with van der Waals surface area (Å²) in [5, 5.41) is 8.69. The van der Waals surface area contributed by atoms with Gasteiger partial charge in [-0.05, 0) is 19.1 Å². The van der Waals surface area contributed by atoms with Crippen molar-refractivity contribution in [3.05, 3.63) is 23.5 Å². The van der Waals surface area contributed by atoms with E-state index >= 15 is 0 Å². The molecule has 0 bridgehead atoms. The molecule has 0 radical (unpaired) electrons. The molecule has 0 spiro atoms. The van der Waals surface area contributed by atoms with Crippen molar-refractivity contribution in [2.45, 2.75) is 25.2 Å². The highest BCUT2D eigenvalue weighted by molar-refractivity contribution is 7.91. The van der Waals surface area contributed by atoms with Crippen LogP contribution in [-0.4, -0.2) is 30.2 Å². The number of sulfone groups is 1. The van der Waals surface area contributed by atoms with Crippen LogP contribution in [0.5, 0.6) is 0 Å². The van der Waals surface area contributed by atoms with Crippen LogP contribution in [0, 0.1) is 6.92 Å². The van der Waals surface area contributed by atoms with E-state index in [2.05, 4.69) is 4.98 Å². The molecule has 0 unspecified atom stereocenters. The minimum absolute atomic E-state index is 0.0167. The standard InChI is InChI=1S/C10H13NO4S/c1-3-16(14,15)9-5-4-7(2)11-8(9)6-10(12)13/h4-5H,3,6H2,1-2H3,(H,12,13). The lowest BCUT2D eigenvalue weighted by molar-refractivity contribution is -0.136. The number of rotatable bonds is 4. The SMILES string of the molecule is CCS(=O)(=O)c1ccc(C)nc1CC(=O)O. The average molecular weight is 243 g/mol. The third kappa shape index (κ3) is 2.79. The molecular formula is C10H13NO4S. The second-order valence-corrected chi connectivity index (χ2v) is 5.62. The highest BCUT2D eigenvalue weighted by Gasteiger charge is 2.19. The molecule has 16 heavy (non-hydrogen) atoms. The third-order valence-electron chi connectivity index (χ3n) is 2.11. The smallest absolute Gasteiger partial charge is 0.309 e. The van der Waals surface area contributed by atoms with Gasteiger partial charge in [-0.1, -0.05) is 6.92 Å². The summed E-state index contributed by atoms with van der Waals surface area (Å²) in [5.41, 5.74) is 0.709. The molecule has 0 aromatic carbocycles. The van der Waals surface area contributed by atoms with Crippen LogP contribution in [0.4, 0.5) is 0 Å². The fourth-order valence-corrected chi connectivity index (χ4v) is 2.37. The zero-order valence-electron chi connectivity index (χ0n) is 9.10. The van der Waals surface area contributed by atoms with Gasteiger partial charge in [0.1, 0.15) is 0 Å². The highest BCUT2D eigenvalue weighted by Crippen LogP contribution is 2.16. The van der Waals surface area contributed by atoms with Crippen LogP contribution in [0.1, 0.15) is 18.3 Å². The van der Waals surface area contributed by atoms with Gasteiger partial charge in [0.2, 0.25) is 0 Å². The van der Waals surface area contributed by atoms with Crippen molar-refractivity contribution in [3.63, 3.8) is 0 Å². The summed E-state index contributed by atoms with van der Waals surface area (Å²) in [6.45, 7) is 3.20. The number of hydrogen-bond donors (Lipinski definition) is 1. The number of aliphatic carboxylic acids is 1. The second-order valence-electron chi connectivity index (χ2n) is 3.37. The zero-order chi connectivity index (χ0) is 12.3. The molecule has 1 rings (SSSR count). The molecule has 0 aliphatic heterocycles. The lowest BCUT2D eigenvalue weighted by atomic mass is 10.2. The van der Waals surface area contributed by atoms with Gasteiger partial charge in [0.15, 0.2) is 9.84 Å².